The van der Waals surface area contributed by atoms with E-state index in [0.29, 0.717) is 12.4 Å². The van der Waals surface area contributed by atoms with Gasteiger partial charge in [-0.05, 0) is 26.2 Å². The first-order chi connectivity index (χ1) is 14.0. The Morgan fingerprint density at radius 1 is 1.33 bits per heavy atom. The van der Waals surface area contributed by atoms with Crippen LogP contribution in [0.15, 0.2) is 28.6 Å². The number of carbonyl (C=O) groups excluding carboxylic acids is 2. The van der Waals surface area contributed by atoms with Crippen molar-refractivity contribution >= 4 is 23.7 Å². The molecule has 0 saturated carbocycles. The van der Waals surface area contributed by atoms with E-state index in [1.807, 2.05) is 26.2 Å². The van der Waals surface area contributed by atoms with Crippen molar-refractivity contribution in [3.8, 4) is 0 Å². The Morgan fingerprint density at radius 3 is 2.43 bits per heavy atom. The number of carboxylic acid groups (broad SMARTS) is 2. The van der Waals surface area contributed by atoms with Gasteiger partial charge in [-0.25, -0.2) is 0 Å². The van der Waals surface area contributed by atoms with E-state index < -0.39 is 29.3 Å². The van der Waals surface area contributed by atoms with Crippen molar-refractivity contribution in [1.29, 1.82) is 0 Å². The molecule has 0 amide bonds. The van der Waals surface area contributed by atoms with Gasteiger partial charge in [0.1, 0.15) is 11.5 Å². The number of rotatable bonds is 13. The predicted octanol–water partition coefficient (Wildman–Crippen LogP) is -2.34. The molecule has 0 aliphatic heterocycles. The van der Waals surface area contributed by atoms with Crippen LogP contribution in [0, 0.1) is 10.1 Å². The van der Waals surface area contributed by atoms with Crippen LogP contribution in [0.1, 0.15) is 17.9 Å². The summed E-state index contributed by atoms with van der Waals surface area (Å²) in [6.45, 7) is 1.44. The topological polar surface area (TPSA) is 190 Å². The maximum absolute atomic E-state index is 10.3. The Hall–Kier alpha value is -2.77. The van der Waals surface area contributed by atoms with Gasteiger partial charge in [-0.3, -0.25) is 10.1 Å². The summed E-state index contributed by atoms with van der Waals surface area (Å²) in [5, 5.41) is 35.4. The number of carbonyl (C=O) groups is 2. The van der Waals surface area contributed by atoms with Gasteiger partial charge < -0.3 is 45.5 Å². The minimum atomic E-state index is -1.58. The first kappa shape index (κ1) is 27.2. The molecule has 0 saturated heterocycles. The zero-order valence-corrected chi connectivity index (χ0v) is 17.9. The molecule has 1 rings (SSSR count). The van der Waals surface area contributed by atoms with E-state index in [-0.39, 0.29) is 0 Å². The van der Waals surface area contributed by atoms with E-state index >= 15 is 0 Å². The van der Waals surface area contributed by atoms with Crippen LogP contribution in [0.3, 0.4) is 0 Å². The van der Waals surface area contributed by atoms with Crippen LogP contribution in [-0.2, 0) is 21.9 Å². The van der Waals surface area contributed by atoms with Gasteiger partial charge >= 0.3 is 0 Å². The van der Waals surface area contributed by atoms with E-state index in [4.69, 9.17) is 10.2 Å². The van der Waals surface area contributed by atoms with Crippen LogP contribution in [-0.4, -0.2) is 61.2 Å². The SMILES string of the molecule is CNC(=C[N+](=O)[O-])NCCSCc1ccc(CN(C)C)o1.N[C@@H](CC(=O)[O-])C(=O)[O-]. The average molecular weight is 445 g/mol. The van der Waals surface area contributed by atoms with Gasteiger partial charge in [0.15, 0.2) is 5.82 Å². The fraction of sp³-hybridized carbons (Fsp3) is 0.529. The summed E-state index contributed by atoms with van der Waals surface area (Å²) in [7, 11) is 5.64. The van der Waals surface area contributed by atoms with Crippen molar-refractivity contribution in [3.63, 3.8) is 0 Å². The lowest BCUT2D eigenvalue weighted by atomic mass is 10.2. The average Bonchev–Trinajstić information content (AvgIpc) is 3.06. The first-order valence-corrected chi connectivity index (χ1v) is 9.93. The fourth-order valence-electron chi connectivity index (χ4n) is 1.89. The van der Waals surface area contributed by atoms with Gasteiger partial charge in [0, 0.05) is 37.8 Å². The van der Waals surface area contributed by atoms with Gasteiger partial charge in [-0.2, -0.15) is 11.8 Å². The fourth-order valence-corrected chi connectivity index (χ4v) is 2.64. The van der Waals surface area contributed by atoms with E-state index in [9.17, 15) is 29.9 Å². The Bertz CT molecular complexity index is 708. The number of aliphatic carboxylic acids is 2. The van der Waals surface area contributed by atoms with E-state index in [0.717, 1.165) is 35.8 Å². The molecule has 0 spiro atoms. The third-order valence-electron chi connectivity index (χ3n) is 3.19. The lowest BCUT2D eigenvalue weighted by Crippen LogP contribution is -2.45. The quantitative estimate of drug-likeness (QED) is 0.167. The second-order valence-corrected chi connectivity index (χ2v) is 7.27. The summed E-state index contributed by atoms with van der Waals surface area (Å²) >= 11 is 1.72. The molecule has 0 unspecified atom stereocenters. The number of nitrogens with one attached hydrogen (secondary N) is 2. The molecule has 1 atom stereocenters. The molecule has 0 aliphatic rings. The highest BCUT2D eigenvalue weighted by Crippen LogP contribution is 2.15. The maximum atomic E-state index is 10.3. The highest BCUT2D eigenvalue weighted by Gasteiger charge is 2.04. The zero-order chi connectivity index (χ0) is 23.1. The predicted molar refractivity (Wildman–Crippen MR) is 107 cm³/mol. The number of thioether (sulfide) groups is 1. The summed E-state index contributed by atoms with van der Waals surface area (Å²) in [5.41, 5.74) is 4.73. The van der Waals surface area contributed by atoms with Gasteiger partial charge in [0.2, 0.25) is 0 Å². The first-order valence-electron chi connectivity index (χ1n) is 8.78. The molecule has 0 bridgehead atoms. The molecular weight excluding hydrogens is 418 g/mol. The minimum absolute atomic E-state index is 0.409. The monoisotopic (exact) mass is 445 g/mol. The molecule has 0 radical (unpaired) electrons. The van der Waals surface area contributed by atoms with Crippen molar-refractivity contribution < 1.29 is 29.1 Å². The number of carboxylic acids is 2. The van der Waals surface area contributed by atoms with E-state index in [1.165, 1.54) is 0 Å². The summed E-state index contributed by atoms with van der Waals surface area (Å²) in [6, 6.07) is 2.52. The summed E-state index contributed by atoms with van der Waals surface area (Å²) < 4.78 is 5.70. The third-order valence-corrected chi connectivity index (χ3v) is 4.17. The minimum Gasteiger partial charge on any atom is -0.550 e. The molecule has 12 nitrogen and oxygen atoms in total. The maximum Gasteiger partial charge on any atom is 0.274 e. The second-order valence-electron chi connectivity index (χ2n) is 6.16. The standard InChI is InChI=1S/C13H22N4O3S.C4H7NO4/c1-14-13(9-17(18)19)15-6-7-21-10-12-5-4-11(20-12)8-16(2)3;5-2(4(8)9)1-3(6)7/h4-5,9,14-15H,6-8,10H2,1-3H3;2H,1,5H2,(H,6,7)(H,8,9)/p-2/t;2-/m.0/s1. The van der Waals surface area contributed by atoms with Crippen molar-refractivity contribution in [2.24, 2.45) is 5.73 Å². The zero-order valence-electron chi connectivity index (χ0n) is 17.1. The number of nitrogens with zero attached hydrogens (tertiary/aromatic N) is 2. The molecule has 170 valence electrons. The molecule has 0 aliphatic carbocycles. The second kappa shape index (κ2) is 15.1. The molecule has 4 N–H and O–H groups in total. The molecule has 1 heterocycles. The number of furan rings is 1. The molecule has 13 heteroatoms. The molecule has 30 heavy (non-hydrogen) atoms. The van der Waals surface area contributed by atoms with Crippen molar-refractivity contribution in [3.05, 3.63) is 45.8 Å². The van der Waals surface area contributed by atoms with Crippen LogP contribution < -0.4 is 26.6 Å². The van der Waals surface area contributed by atoms with Gasteiger partial charge in [0.05, 0.1) is 23.2 Å². The molecular formula is C17H27N5O7S-2. The number of hydrogen-bond acceptors (Lipinski definition) is 12. The highest BCUT2D eigenvalue weighted by molar-refractivity contribution is 7.98. The third kappa shape index (κ3) is 14.3. The smallest absolute Gasteiger partial charge is 0.274 e. The number of nitrogens with two attached hydrogens (primary N) is 1. The molecule has 0 fully saturated rings. The van der Waals surface area contributed by atoms with E-state index in [1.54, 1.807) is 18.8 Å². The summed E-state index contributed by atoms with van der Waals surface area (Å²) in [6.07, 6.45) is 0.215. The van der Waals surface area contributed by atoms with Gasteiger partial charge in [0.25, 0.3) is 6.20 Å². The number of hydrogen-bond donors (Lipinski definition) is 3. The highest BCUT2D eigenvalue weighted by atomic mass is 32.2. The van der Waals surface area contributed by atoms with Crippen molar-refractivity contribution in [2.75, 3.05) is 33.4 Å². The molecule has 1 aromatic rings. The van der Waals surface area contributed by atoms with Crippen LogP contribution in [0.5, 0.6) is 0 Å². The van der Waals surface area contributed by atoms with Crippen molar-refractivity contribution in [1.82, 2.24) is 15.5 Å². The Balaban J connectivity index is 0.000000787. The lowest BCUT2D eigenvalue weighted by molar-refractivity contribution is -0.404. The van der Waals surface area contributed by atoms with Crippen LogP contribution in [0.2, 0.25) is 0 Å². The van der Waals surface area contributed by atoms with Gasteiger partial charge in [-0.15, -0.1) is 0 Å². The molecule has 1 aromatic heterocycles. The summed E-state index contributed by atoms with van der Waals surface area (Å²) in [5.74, 6) is 0.869. The lowest BCUT2D eigenvalue weighted by Gasteiger charge is -2.11. The Labute approximate surface area is 178 Å². The van der Waals surface area contributed by atoms with Crippen molar-refractivity contribution in [2.45, 2.75) is 24.8 Å². The van der Waals surface area contributed by atoms with Crippen LogP contribution in [0.4, 0.5) is 0 Å². The normalized spacial score (nSPS) is 12.0. The Morgan fingerprint density at radius 2 is 1.97 bits per heavy atom. The molecule has 0 aromatic carbocycles. The largest absolute Gasteiger partial charge is 0.550 e. The van der Waals surface area contributed by atoms with Gasteiger partial charge in [-0.1, -0.05) is 0 Å². The van der Waals surface area contributed by atoms with Crippen LogP contribution >= 0.6 is 11.8 Å². The Kier molecular flexibility index (Phi) is 13.7. The number of nitro groups is 1. The summed E-state index contributed by atoms with van der Waals surface area (Å²) in [4.78, 5) is 31.3. The van der Waals surface area contributed by atoms with E-state index in [2.05, 4.69) is 15.5 Å². The van der Waals surface area contributed by atoms with Crippen LogP contribution in [0.25, 0.3) is 0 Å².